The number of primary amides is 1. The Labute approximate surface area is 98.7 Å². The van der Waals surface area contributed by atoms with E-state index < -0.39 is 48.0 Å². The number of hydrogen-bond acceptors (Lipinski definition) is 2. The molecule has 1 unspecified atom stereocenters. The van der Waals surface area contributed by atoms with E-state index in [1.54, 1.807) is 0 Å². The standard InChI is InChI=1S/C10H9F4N3O/c11-9(12)7-6-3-1-4(3)10(13,14)8(6)17(16-7)2-5(15)18/h3-4,9H,1-2H2,(H2,15,18)/t3-,4?/m0/s1. The Hall–Kier alpha value is -1.60. The summed E-state index contributed by atoms with van der Waals surface area (Å²) in [5.74, 6) is -5.57. The van der Waals surface area contributed by atoms with Crippen LogP contribution in [0.25, 0.3) is 0 Å². The molecule has 98 valence electrons. The van der Waals surface area contributed by atoms with Crippen LogP contribution < -0.4 is 5.73 Å². The lowest BCUT2D eigenvalue weighted by Crippen LogP contribution is -2.26. The van der Waals surface area contributed by atoms with Crippen molar-refractivity contribution >= 4 is 5.91 Å². The molecule has 1 heterocycles. The fourth-order valence-electron chi connectivity index (χ4n) is 2.72. The molecule has 2 aliphatic rings. The molecule has 2 N–H and O–H groups in total. The fourth-order valence-corrected chi connectivity index (χ4v) is 2.72. The van der Waals surface area contributed by atoms with Crippen molar-refractivity contribution in [1.82, 2.24) is 9.78 Å². The molecule has 1 aromatic heterocycles. The van der Waals surface area contributed by atoms with Crippen LogP contribution in [-0.4, -0.2) is 15.7 Å². The zero-order valence-electron chi connectivity index (χ0n) is 9.04. The maximum atomic E-state index is 13.9. The van der Waals surface area contributed by atoms with Crippen molar-refractivity contribution in [3.8, 4) is 0 Å². The van der Waals surface area contributed by atoms with Crippen molar-refractivity contribution in [3.63, 3.8) is 0 Å². The lowest BCUT2D eigenvalue weighted by molar-refractivity contribution is -0.119. The van der Waals surface area contributed by atoms with Crippen molar-refractivity contribution in [1.29, 1.82) is 0 Å². The number of amides is 1. The van der Waals surface area contributed by atoms with Crippen LogP contribution in [0.15, 0.2) is 0 Å². The van der Waals surface area contributed by atoms with E-state index in [-0.39, 0.29) is 12.0 Å². The highest BCUT2D eigenvalue weighted by molar-refractivity contribution is 5.73. The minimum absolute atomic E-state index is 0.0822. The fraction of sp³-hybridized carbons (Fsp3) is 0.600. The molecule has 1 aromatic rings. The Morgan fingerprint density at radius 2 is 2.22 bits per heavy atom. The third-order valence-electron chi connectivity index (χ3n) is 3.47. The number of aromatic nitrogens is 2. The summed E-state index contributed by atoms with van der Waals surface area (Å²) < 4.78 is 54.0. The van der Waals surface area contributed by atoms with E-state index in [1.165, 1.54) is 0 Å². The van der Waals surface area contributed by atoms with E-state index in [0.717, 1.165) is 0 Å². The molecule has 0 radical (unpaired) electrons. The normalized spacial score (nSPS) is 27.2. The number of hydrogen-bond donors (Lipinski definition) is 1. The van der Waals surface area contributed by atoms with E-state index >= 15 is 0 Å². The van der Waals surface area contributed by atoms with Crippen LogP contribution in [0.5, 0.6) is 0 Å². The number of carbonyl (C=O) groups is 1. The Morgan fingerprint density at radius 1 is 1.56 bits per heavy atom. The summed E-state index contributed by atoms with van der Waals surface area (Å²) in [6, 6.07) is 0. The number of alkyl halides is 4. The van der Waals surface area contributed by atoms with Gasteiger partial charge in [-0.2, -0.15) is 13.9 Å². The molecule has 4 nitrogen and oxygen atoms in total. The van der Waals surface area contributed by atoms with Crippen molar-refractivity contribution in [2.45, 2.75) is 31.2 Å². The van der Waals surface area contributed by atoms with Crippen molar-refractivity contribution in [3.05, 3.63) is 17.0 Å². The molecule has 2 atom stereocenters. The second-order valence-corrected chi connectivity index (χ2v) is 4.64. The molecule has 1 saturated carbocycles. The summed E-state index contributed by atoms with van der Waals surface area (Å²) in [6.45, 7) is -0.607. The average Bonchev–Trinajstić information content (AvgIpc) is 2.88. The predicted molar refractivity (Wildman–Crippen MR) is 51.1 cm³/mol. The second-order valence-electron chi connectivity index (χ2n) is 4.64. The number of halogens is 4. The summed E-state index contributed by atoms with van der Waals surface area (Å²) >= 11 is 0. The van der Waals surface area contributed by atoms with E-state index in [9.17, 15) is 22.4 Å². The first-order chi connectivity index (χ1) is 8.34. The minimum Gasteiger partial charge on any atom is -0.368 e. The molecule has 3 rings (SSSR count). The largest absolute Gasteiger partial charge is 0.368 e. The van der Waals surface area contributed by atoms with Crippen molar-refractivity contribution in [2.24, 2.45) is 11.7 Å². The maximum Gasteiger partial charge on any atom is 0.293 e. The quantitative estimate of drug-likeness (QED) is 0.840. The van der Waals surface area contributed by atoms with Crippen LogP contribution in [-0.2, 0) is 17.3 Å². The third kappa shape index (κ3) is 1.31. The van der Waals surface area contributed by atoms with Gasteiger partial charge in [0.25, 0.3) is 12.3 Å². The molecule has 1 fully saturated rings. The molecule has 0 saturated heterocycles. The van der Waals surface area contributed by atoms with E-state index in [0.29, 0.717) is 4.68 Å². The van der Waals surface area contributed by atoms with Crippen LogP contribution in [0.2, 0.25) is 0 Å². The van der Waals surface area contributed by atoms with Gasteiger partial charge in [-0.15, -0.1) is 0 Å². The van der Waals surface area contributed by atoms with Crippen LogP contribution in [0.4, 0.5) is 17.6 Å². The van der Waals surface area contributed by atoms with Crippen LogP contribution in [0.1, 0.15) is 35.7 Å². The second kappa shape index (κ2) is 3.24. The smallest absolute Gasteiger partial charge is 0.293 e. The molecule has 0 aromatic carbocycles. The highest BCUT2D eigenvalue weighted by Crippen LogP contribution is 2.68. The highest BCUT2D eigenvalue weighted by Gasteiger charge is 2.67. The summed E-state index contributed by atoms with van der Waals surface area (Å²) in [4.78, 5) is 10.8. The zero-order valence-corrected chi connectivity index (χ0v) is 9.04. The highest BCUT2D eigenvalue weighted by atomic mass is 19.3. The molecule has 8 heteroatoms. The number of nitrogens with zero attached hydrogens (tertiary/aromatic N) is 2. The minimum atomic E-state index is -3.20. The van der Waals surface area contributed by atoms with Gasteiger partial charge in [0, 0.05) is 11.5 Å². The monoisotopic (exact) mass is 263 g/mol. The lowest BCUT2D eigenvalue weighted by Gasteiger charge is -2.14. The molecule has 2 aliphatic carbocycles. The van der Waals surface area contributed by atoms with Crippen LogP contribution in [0, 0.1) is 5.92 Å². The SMILES string of the molecule is NC(=O)Cn1nc(C(F)F)c2c1C(F)(F)C1C[C@H]21. The van der Waals surface area contributed by atoms with Gasteiger partial charge in [0.15, 0.2) is 0 Å². The van der Waals surface area contributed by atoms with E-state index in [2.05, 4.69) is 5.10 Å². The third-order valence-corrected chi connectivity index (χ3v) is 3.47. The Kier molecular flexibility index (Phi) is 2.07. The lowest BCUT2D eigenvalue weighted by atomic mass is 10.1. The van der Waals surface area contributed by atoms with Crippen molar-refractivity contribution < 1.29 is 22.4 Å². The first-order valence-corrected chi connectivity index (χ1v) is 5.39. The number of fused-ring (bicyclic) bond motifs is 3. The van der Waals surface area contributed by atoms with Gasteiger partial charge in [0.2, 0.25) is 5.91 Å². The molecule has 0 aliphatic heterocycles. The molecular formula is C10H9F4N3O. The van der Waals surface area contributed by atoms with Gasteiger partial charge in [-0.25, -0.2) is 8.78 Å². The summed E-state index contributed by atoms with van der Waals surface area (Å²) in [6.07, 6.45) is -2.73. The van der Waals surface area contributed by atoms with Gasteiger partial charge in [0.1, 0.15) is 17.9 Å². The van der Waals surface area contributed by atoms with Gasteiger partial charge < -0.3 is 5.73 Å². The van der Waals surface area contributed by atoms with E-state index in [4.69, 9.17) is 5.73 Å². The number of rotatable bonds is 3. The van der Waals surface area contributed by atoms with Gasteiger partial charge in [0.05, 0.1) is 0 Å². The van der Waals surface area contributed by atoms with Gasteiger partial charge in [-0.1, -0.05) is 0 Å². The first-order valence-electron chi connectivity index (χ1n) is 5.39. The van der Waals surface area contributed by atoms with Crippen LogP contribution in [0.3, 0.4) is 0 Å². The first kappa shape index (κ1) is 11.5. The Morgan fingerprint density at radius 3 is 2.78 bits per heavy atom. The molecular weight excluding hydrogens is 254 g/mol. The number of nitrogens with two attached hydrogens (primary N) is 1. The Balaban J connectivity index is 2.16. The van der Waals surface area contributed by atoms with Gasteiger partial charge >= 0.3 is 0 Å². The molecule has 0 spiro atoms. The summed E-state index contributed by atoms with van der Waals surface area (Å²) in [7, 11) is 0. The van der Waals surface area contributed by atoms with Crippen molar-refractivity contribution in [2.75, 3.05) is 0 Å². The van der Waals surface area contributed by atoms with Gasteiger partial charge in [-0.3, -0.25) is 9.48 Å². The zero-order chi connectivity index (χ0) is 13.2. The molecule has 1 amide bonds. The molecule has 18 heavy (non-hydrogen) atoms. The topological polar surface area (TPSA) is 60.9 Å². The molecule has 0 bridgehead atoms. The van der Waals surface area contributed by atoms with Gasteiger partial charge in [-0.05, 0) is 12.3 Å². The Bertz CT molecular complexity index is 539. The van der Waals surface area contributed by atoms with E-state index in [1.807, 2.05) is 0 Å². The van der Waals surface area contributed by atoms with Crippen LogP contribution >= 0.6 is 0 Å². The summed E-state index contributed by atoms with van der Waals surface area (Å²) in [5, 5.41) is 3.43. The predicted octanol–water partition coefficient (Wildman–Crippen LogP) is 1.51. The number of carbonyl (C=O) groups excluding carboxylic acids is 1. The average molecular weight is 263 g/mol. The summed E-state index contributed by atoms with van der Waals surface area (Å²) in [5.41, 5.74) is 3.62. The maximum absolute atomic E-state index is 13.9.